The van der Waals surface area contributed by atoms with E-state index in [1.54, 1.807) is 12.1 Å². The van der Waals surface area contributed by atoms with E-state index < -0.39 is 10.0 Å². The third kappa shape index (κ3) is 4.39. The summed E-state index contributed by atoms with van der Waals surface area (Å²) in [6.07, 6.45) is 4.67. The number of aromatic nitrogens is 3. The van der Waals surface area contributed by atoms with Gasteiger partial charge in [-0.25, -0.2) is 13.6 Å². The van der Waals surface area contributed by atoms with Gasteiger partial charge in [-0.3, -0.25) is 4.79 Å². The fourth-order valence-corrected chi connectivity index (χ4v) is 4.46. The Morgan fingerprint density at radius 1 is 1.25 bits per heavy atom. The van der Waals surface area contributed by atoms with E-state index >= 15 is 0 Å². The van der Waals surface area contributed by atoms with Crippen LogP contribution < -0.4 is 10.5 Å². The first-order valence-corrected chi connectivity index (χ1v) is 11.9. The monoisotopic (exact) mass is 421 g/mol. The molecule has 1 amide bonds. The van der Waals surface area contributed by atoms with Crippen LogP contribution in [0.5, 0.6) is 0 Å². The second kappa shape index (κ2) is 7.49. The van der Waals surface area contributed by atoms with Gasteiger partial charge in [0.2, 0.25) is 15.9 Å². The maximum atomic E-state index is 12.4. The van der Waals surface area contributed by atoms with Crippen molar-refractivity contribution in [3.63, 3.8) is 0 Å². The van der Waals surface area contributed by atoms with Gasteiger partial charge >= 0.3 is 0 Å². The maximum Gasteiger partial charge on any atom is 0.238 e. The van der Waals surface area contributed by atoms with Crippen LogP contribution in [-0.4, -0.2) is 34.8 Å². The van der Waals surface area contributed by atoms with E-state index in [9.17, 15) is 13.2 Å². The minimum atomic E-state index is -3.72. The molecule has 150 valence electrons. The molecule has 2 aliphatic carbocycles. The molecule has 2 fully saturated rings. The lowest BCUT2D eigenvalue weighted by Crippen LogP contribution is -2.28. The molecule has 10 heteroatoms. The molecule has 0 saturated heterocycles. The number of nitrogens with one attached hydrogen (secondary N) is 1. The lowest BCUT2D eigenvalue weighted by atomic mass is 10.1. The van der Waals surface area contributed by atoms with E-state index in [-0.39, 0.29) is 22.6 Å². The lowest BCUT2D eigenvalue weighted by Gasteiger charge is -2.15. The van der Waals surface area contributed by atoms with Crippen molar-refractivity contribution in [1.82, 2.24) is 20.1 Å². The molecule has 2 saturated carbocycles. The largest absolute Gasteiger partial charge is 0.349 e. The van der Waals surface area contributed by atoms with Crippen LogP contribution in [0.1, 0.15) is 62.0 Å². The number of nitrogens with zero attached hydrogens (tertiary/aromatic N) is 3. The SMILES string of the molecule is CC(NC(=O)CSc1nnc(C2CC2)n1C1CC1)c1ccc(S(N)(=O)=O)cc1. The van der Waals surface area contributed by atoms with Crippen molar-refractivity contribution in [2.75, 3.05) is 5.75 Å². The van der Waals surface area contributed by atoms with Crippen LogP contribution in [-0.2, 0) is 14.8 Å². The van der Waals surface area contributed by atoms with Crippen molar-refractivity contribution in [3.8, 4) is 0 Å². The van der Waals surface area contributed by atoms with Crippen LogP contribution in [0.4, 0.5) is 0 Å². The summed E-state index contributed by atoms with van der Waals surface area (Å²) in [4.78, 5) is 12.4. The number of nitrogens with two attached hydrogens (primary N) is 1. The second-order valence-corrected chi connectivity index (χ2v) is 9.91. The topological polar surface area (TPSA) is 120 Å². The van der Waals surface area contributed by atoms with Gasteiger partial charge in [0.25, 0.3) is 0 Å². The highest BCUT2D eigenvalue weighted by atomic mass is 32.2. The third-order valence-electron chi connectivity index (χ3n) is 4.96. The number of thioether (sulfide) groups is 1. The van der Waals surface area contributed by atoms with Crippen LogP contribution >= 0.6 is 11.8 Å². The Morgan fingerprint density at radius 2 is 1.93 bits per heavy atom. The summed E-state index contributed by atoms with van der Waals surface area (Å²) in [5, 5.41) is 17.5. The van der Waals surface area contributed by atoms with E-state index in [1.807, 2.05) is 6.92 Å². The molecule has 3 N–H and O–H groups in total. The van der Waals surface area contributed by atoms with Crippen molar-refractivity contribution in [3.05, 3.63) is 35.7 Å². The molecule has 1 atom stereocenters. The number of carbonyl (C=O) groups is 1. The van der Waals surface area contributed by atoms with E-state index in [0.29, 0.717) is 12.0 Å². The predicted octanol–water partition coefficient (Wildman–Crippen LogP) is 2.11. The minimum absolute atomic E-state index is 0.0520. The number of hydrogen-bond donors (Lipinski definition) is 2. The van der Waals surface area contributed by atoms with Crippen LogP contribution in [0.15, 0.2) is 34.3 Å². The molecule has 1 unspecified atom stereocenters. The van der Waals surface area contributed by atoms with Crippen LogP contribution in [0, 0.1) is 0 Å². The first kappa shape index (κ1) is 19.4. The Kier molecular flexibility index (Phi) is 5.19. The first-order chi connectivity index (χ1) is 13.3. The predicted molar refractivity (Wildman–Crippen MR) is 105 cm³/mol. The lowest BCUT2D eigenvalue weighted by molar-refractivity contribution is -0.119. The molecule has 28 heavy (non-hydrogen) atoms. The van der Waals surface area contributed by atoms with E-state index in [4.69, 9.17) is 5.14 Å². The van der Waals surface area contributed by atoms with Crippen molar-refractivity contribution >= 4 is 27.7 Å². The molecule has 4 rings (SSSR count). The highest BCUT2D eigenvalue weighted by Crippen LogP contribution is 2.45. The van der Waals surface area contributed by atoms with E-state index in [1.165, 1.54) is 36.7 Å². The van der Waals surface area contributed by atoms with E-state index in [0.717, 1.165) is 29.4 Å². The van der Waals surface area contributed by atoms with Gasteiger partial charge in [-0.2, -0.15) is 0 Å². The van der Waals surface area contributed by atoms with Gasteiger partial charge < -0.3 is 9.88 Å². The number of primary sulfonamides is 1. The summed E-state index contributed by atoms with van der Waals surface area (Å²) in [7, 11) is -3.72. The van der Waals surface area contributed by atoms with Gasteiger partial charge in [0.15, 0.2) is 5.16 Å². The molecule has 1 aromatic carbocycles. The van der Waals surface area contributed by atoms with Crippen LogP contribution in [0.3, 0.4) is 0 Å². The summed E-state index contributed by atoms with van der Waals surface area (Å²) < 4.78 is 24.9. The zero-order valence-corrected chi connectivity index (χ0v) is 17.2. The molecule has 8 nitrogen and oxygen atoms in total. The zero-order chi connectivity index (χ0) is 19.9. The van der Waals surface area contributed by atoms with Crippen molar-refractivity contribution in [1.29, 1.82) is 0 Å². The van der Waals surface area contributed by atoms with Crippen molar-refractivity contribution in [2.24, 2.45) is 5.14 Å². The summed E-state index contributed by atoms with van der Waals surface area (Å²) >= 11 is 1.41. The van der Waals surface area contributed by atoms with E-state index in [2.05, 4.69) is 20.1 Å². The normalized spacial score (nSPS) is 18.1. The Hall–Kier alpha value is -1.91. The van der Waals surface area contributed by atoms with Crippen molar-refractivity contribution in [2.45, 2.75) is 60.7 Å². The number of amides is 1. The smallest absolute Gasteiger partial charge is 0.238 e. The molecule has 2 aromatic rings. The molecule has 1 heterocycles. The van der Waals surface area contributed by atoms with Gasteiger partial charge in [0, 0.05) is 12.0 Å². The fraction of sp³-hybridized carbons (Fsp3) is 0.500. The zero-order valence-electron chi connectivity index (χ0n) is 15.5. The number of sulfonamides is 1. The van der Waals surface area contributed by atoms with Gasteiger partial charge in [-0.05, 0) is 50.3 Å². The molecule has 2 aliphatic rings. The van der Waals surface area contributed by atoms with Crippen molar-refractivity contribution < 1.29 is 13.2 Å². The molecular weight excluding hydrogens is 398 g/mol. The van der Waals surface area contributed by atoms with Gasteiger partial charge in [-0.1, -0.05) is 23.9 Å². The van der Waals surface area contributed by atoms with Gasteiger partial charge in [0.1, 0.15) is 5.82 Å². The first-order valence-electron chi connectivity index (χ1n) is 9.32. The average Bonchev–Trinajstić information content (AvgIpc) is 3.58. The molecule has 0 bridgehead atoms. The Morgan fingerprint density at radius 3 is 2.50 bits per heavy atom. The number of hydrogen-bond acceptors (Lipinski definition) is 6. The highest BCUT2D eigenvalue weighted by molar-refractivity contribution is 7.99. The molecule has 0 radical (unpaired) electrons. The summed E-state index contributed by atoms with van der Waals surface area (Å²) in [6, 6.07) is 6.45. The molecule has 0 spiro atoms. The fourth-order valence-electron chi connectivity index (χ4n) is 3.13. The molecule has 1 aromatic heterocycles. The summed E-state index contributed by atoms with van der Waals surface area (Å²) in [5.41, 5.74) is 0.808. The van der Waals surface area contributed by atoms with Crippen LogP contribution in [0.25, 0.3) is 0 Å². The van der Waals surface area contributed by atoms with Gasteiger partial charge in [-0.15, -0.1) is 10.2 Å². The number of carbonyl (C=O) groups excluding carboxylic acids is 1. The second-order valence-electron chi connectivity index (χ2n) is 7.41. The number of rotatable bonds is 8. The highest BCUT2D eigenvalue weighted by Gasteiger charge is 2.36. The Bertz CT molecular complexity index is 979. The quantitative estimate of drug-likeness (QED) is 0.630. The standard InChI is InChI=1S/C18H23N5O3S2/c1-11(12-4-8-15(9-5-12)28(19,25)26)20-16(24)10-27-18-22-21-17(13-2-3-13)23(18)14-6-7-14/h4-5,8-9,11,13-14H,2-3,6-7,10H2,1H3,(H,20,24)(H2,19,25,26). The molecule has 0 aliphatic heterocycles. The Balaban J connectivity index is 1.35. The Labute approximate surface area is 168 Å². The number of benzene rings is 1. The summed E-state index contributed by atoms with van der Waals surface area (Å²) in [6.45, 7) is 1.85. The van der Waals surface area contributed by atoms with Gasteiger partial charge in [0.05, 0.1) is 16.7 Å². The minimum Gasteiger partial charge on any atom is -0.349 e. The maximum absolute atomic E-state index is 12.4. The third-order valence-corrected chi connectivity index (χ3v) is 6.84. The summed E-state index contributed by atoms with van der Waals surface area (Å²) in [5.74, 6) is 1.77. The molecular formula is C18H23N5O3S2. The van der Waals surface area contributed by atoms with Crippen LogP contribution in [0.2, 0.25) is 0 Å². The average molecular weight is 422 g/mol.